The topological polar surface area (TPSA) is 37.4 Å². The highest BCUT2D eigenvalue weighted by Gasteiger charge is 2.67. The molecule has 1 aromatic rings. The van der Waals surface area contributed by atoms with Gasteiger partial charge in [-0.1, -0.05) is 18.2 Å². The lowest BCUT2D eigenvalue weighted by atomic mass is 9.54. The minimum Gasteiger partial charge on any atom is -0.274 e. The summed E-state index contributed by atoms with van der Waals surface area (Å²) >= 11 is 0. The maximum absolute atomic E-state index is 12.7. The van der Waals surface area contributed by atoms with Crippen molar-refractivity contribution in [3.63, 3.8) is 0 Å². The largest absolute Gasteiger partial charge is 0.274 e. The van der Waals surface area contributed by atoms with Crippen LogP contribution < -0.4 is 4.90 Å². The highest BCUT2D eigenvalue weighted by atomic mass is 16.2. The van der Waals surface area contributed by atoms with Gasteiger partial charge in [0.15, 0.2) is 0 Å². The van der Waals surface area contributed by atoms with E-state index in [4.69, 9.17) is 0 Å². The third kappa shape index (κ3) is 1.14. The number of carbonyl (C=O) groups excluding carboxylic acids is 2. The number of rotatable bonds is 0. The SMILES string of the molecule is Cc1cccc2c1N1C(=O)[C@H]3[C@@H](CC2)C[C@@]3(C)C1=O. The molecule has 1 saturated carbocycles. The van der Waals surface area contributed by atoms with Crippen molar-refractivity contribution in [2.45, 2.75) is 33.1 Å². The lowest BCUT2D eigenvalue weighted by molar-refractivity contribution is -0.140. The zero-order valence-corrected chi connectivity index (χ0v) is 11.3. The summed E-state index contributed by atoms with van der Waals surface area (Å²) in [7, 11) is 0. The monoisotopic (exact) mass is 255 g/mol. The van der Waals surface area contributed by atoms with Crippen molar-refractivity contribution in [3.8, 4) is 0 Å². The molecule has 19 heavy (non-hydrogen) atoms. The molecule has 2 heterocycles. The third-order valence-electron chi connectivity index (χ3n) is 5.35. The fourth-order valence-corrected chi connectivity index (χ4v) is 4.40. The lowest BCUT2D eigenvalue weighted by Crippen LogP contribution is -2.48. The molecular formula is C16H17NO2. The van der Waals surface area contributed by atoms with Gasteiger partial charge in [-0.2, -0.15) is 0 Å². The number of amides is 2. The van der Waals surface area contributed by atoms with Crippen LogP contribution in [0.2, 0.25) is 0 Å². The molecule has 0 radical (unpaired) electrons. The molecule has 98 valence electrons. The summed E-state index contributed by atoms with van der Waals surface area (Å²) in [6.07, 6.45) is 2.89. The van der Waals surface area contributed by atoms with Crippen LogP contribution in [0.3, 0.4) is 0 Å². The predicted octanol–water partition coefficient (Wildman–Crippen LogP) is 2.46. The average Bonchev–Trinajstić information content (AvgIpc) is 2.52. The van der Waals surface area contributed by atoms with Gasteiger partial charge in [0.05, 0.1) is 17.0 Å². The Kier molecular flexibility index (Phi) is 1.93. The number of anilines is 1. The summed E-state index contributed by atoms with van der Waals surface area (Å²) in [5.41, 5.74) is 2.62. The molecule has 0 spiro atoms. The first kappa shape index (κ1) is 11.2. The maximum atomic E-state index is 12.7. The standard InChI is InChI=1S/C16H17NO2/c1-9-4-3-5-10-6-7-11-8-16(2)12(11)14(18)17(13(9)10)15(16)19/h3-5,11-12H,6-8H2,1-2H3/t11-,12+,16+/m0/s1. The van der Waals surface area contributed by atoms with E-state index >= 15 is 0 Å². The Morgan fingerprint density at radius 2 is 2.11 bits per heavy atom. The summed E-state index contributed by atoms with van der Waals surface area (Å²) in [4.78, 5) is 26.8. The quantitative estimate of drug-likeness (QED) is 0.668. The van der Waals surface area contributed by atoms with Gasteiger partial charge in [0.2, 0.25) is 11.8 Å². The molecule has 4 rings (SSSR count). The molecule has 3 aliphatic rings. The van der Waals surface area contributed by atoms with Crippen LogP contribution in [0.1, 0.15) is 30.9 Å². The molecule has 1 aromatic carbocycles. The molecular weight excluding hydrogens is 238 g/mol. The molecule has 1 saturated heterocycles. The van der Waals surface area contributed by atoms with Crippen molar-refractivity contribution in [1.82, 2.24) is 0 Å². The minimum absolute atomic E-state index is 0.0243. The molecule has 2 aliphatic heterocycles. The van der Waals surface area contributed by atoms with Gasteiger partial charge in [-0.15, -0.1) is 0 Å². The van der Waals surface area contributed by atoms with Gasteiger partial charge < -0.3 is 0 Å². The summed E-state index contributed by atoms with van der Waals surface area (Å²) in [6.45, 7) is 3.96. The van der Waals surface area contributed by atoms with E-state index in [1.807, 2.05) is 26.0 Å². The summed E-state index contributed by atoms with van der Waals surface area (Å²) < 4.78 is 0. The number of hydrogen-bond acceptors (Lipinski definition) is 2. The first-order chi connectivity index (χ1) is 9.04. The Morgan fingerprint density at radius 3 is 2.89 bits per heavy atom. The van der Waals surface area contributed by atoms with Crippen LogP contribution in [0, 0.1) is 24.2 Å². The van der Waals surface area contributed by atoms with Crippen molar-refractivity contribution >= 4 is 17.5 Å². The highest BCUT2D eigenvalue weighted by molar-refractivity contribution is 6.25. The van der Waals surface area contributed by atoms with Crippen molar-refractivity contribution in [3.05, 3.63) is 29.3 Å². The predicted molar refractivity (Wildman–Crippen MR) is 71.7 cm³/mol. The van der Waals surface area contributed by atoms with Gasteiger partial charge in [-0.05, 0) is 50.2 Å². The van der Waals surface area contributed by atoms with Gasteiger partial charge in [-0.3, -0.25) is 9.59 Å². The van der Waals surface area contributed by atoms with Crippen LogP contribution in [-0.2, 0) is 16.0 Å². The fraction of sp³-hybridized carbons (Fsp3) is 0.500. The molecule has 0 unspecified atom stereocenters. The van der Waals surface area contributed by atoms with Crippen LogP contribution in [0.15, 0.2) is 18.2 Å². The lowest BCUT2D eigenvalue weighted by Gasteiger charge is -2.45. The third-order valence-corrected chi connectivity index (χ3v) is 5.35. The van der Waals surface area contributed by atoms with Crippen molar-refractivity contribution in [2.24, 2.45) is 17.3 Å². The molecule has 0 aromatic heterocycles. The fourth-order valence-electron chi connectivity index (χ4n) is 4.40. The van der Waals surface area contributed by atoms with Crippen LogP contribution >= 0.6 is 0 Å². The Morgan fingerprint density at radius 1 is 1.32 bits per heavy atom. The van der Waals surface area contributed by atoms with Gasteiger partial charge >= 0.3 is 0 Å². The number of fused-ring (bicyclic) bond motifs is 3. The van der Waals surface area contributed by atoms with E-state index in [0.29, 0.717) is 5.92 Å². The molecule has 3 nitrogen and oxygen atoms in total. The van der Waals surface area contributed by atoms with Crippen LogP contribution in [0.5, 0.6) is 0 Å². The molecule has 2 bridgehead atoms. The van der Waals surface area contributed by atoms with Crippen LogP contribution in [0.25, 0.3) is 0 Å². The van der Waals surface area contributed by atoms with Gasteiger partial charge in [0.25, 0.3) is 0 Å². The van der Waals surface area contributed by atoms with E-state index < -0.39 is 5.41 Å². The van der Waals surface area contributed by atoms with E-state index in [2.05, 4.69) is 6.07 Å². The molecule has 0 N–H and O–H groups in total. The van der Waals surface area contributed by atoms with Gasteiger partial charge in [0, 0.05) is 0 Å². The number of benzene rings is 1. The Bertz CT molecular complexity index is 621. The van der Waals surface area contributed by atoms with E-state index in [1.54, 1.807) is 0 Å². The first-order valence-electron chi connectivity index (χ1n) is 7.01. The maximum Gasteiger partial charge on any atom is 0.240 e. The van der Waals surface area contributed by atoms with Crippen LogP contribution in [-0.4, -0.2) is 11.8 Å². The smallest absolute Gasteiger partial charge is 0.240 e. The highest BCUT2D eigenvalue weighted by Crippen LogP contribution is 2.60. The summed E-state index contributed by atoms with van der Waals surface area (Å²) in [5, 5.41) is 0. The average molecular weight is 255 g/mol. The van der Waals surface area contributed by atoms with E-state index in [1.165, 1.54) is 4.90 Å². The van der Waals surface area contributed by atoms with Crippen molar-refractivity contribution in [2.75, 3.05) is 4.90 Å². The first-order valence-corrected chi connectivity index (χ1v) is 7.01. The number of carbonyl (C=O) groups is 2. The number of aryl methyl sites for hydroxylation is 2. The Labute approximate surface area is 112 Å². The second kappa shape index (κ2) is 3.27. The Balaban J connectivity index is 1.98. The number of nitrogens with zero attached hydrogens (tertiary/aromatic N) is 1. The van der Waals surface area contributed by atoms with E-state index in [-0.39, 0.29) is 17.7 Å². The zero-order valence-electron chi connectivity index (χ0n) is 11.3. The normalized spacial score (nSPS) is 35.6. The second-order valence-corrected chi connectivity index (χ2v) is 6.46. The molecule has 2 fully saturated rings. The molecule has 1 aliphatic carbocycles. The van der Waals surface area contributed by atoms with Gasteiger partial charge in [0.1, 0.15) is 0 Å². The van der Waals surface area contributed by atoms with E-state index in [0.717, 1.165) is 36.1 Å². The van der Waals surface area contributed by atoms with Crippen molar-refractivity contribution < 1.29 is 9.59 Å². The Hall–Kier alpha value is -1.64. The summed E-state index contributed by atoms with van der Waals surface area (Å²) in [6, 6.07) is 6.06. The van der Waals surface area contributed by atoms with Crippen LogP contribution in [0.4, 0.5) is 5.69 Å². The molecule has 3 heteroatoms. The summed E-state index contributed by atoms with van der Waals surface area (Å²) in [5.74, 6) is 0.406. The van der Waals surface area contributed by atoms with Crippen molar-refractivity contribution in [1.29, 1.82) is 0 Å². The molecule has 2 amide bonds. The zero-order chi connectivity index (χ0) is 13.4. The number of imide groups is 1. The van der Waals surface area contributed by atoms with E-state index in [9.17, 15) is 9.59 Å². The van der Waals surface area contributed by atoms with Gasteiger partial charge in [-0.25, -0.2) is 4.90 Å². The number of hydrogen-bond donors (Lipinski definition) is 0. The number of para-hydroxylation sites is 1. The minimum atomic E-state index is -0.425. The second-order valence-electron chi connectivity index (χ2n) is 6.46. The molecule has 3 atom stereocenters.